The van der Waals surface area contributed by atoms with Crippen LogP contribution in [0.5, 0.6) is 0 Å². The van der Waals surface area contributed by atoms with Crippen LogP contribution in [0.1, 0.15) is 12.6 Å². The number of aromatic nitrogens is 4. The van der Waals surface area contributed by atoms with Crippen LogP contribution in [-0.4, -0.2) is 19.5 Å². The second kappa shape index (κ2) is 5.13. The summed E-state index contributed by atoms with van der Waals surface area (Å²) >= 11 is 0. The lowest BCUT2D eigenvalue weighted by Crippen LogP contribution is -1.85. The molecule has 0 aliphatic heterocycles. The number of aryl methyl sites for hydroxylation is 2. The maximum atomic E-state index is 3.86. The molecule has 2 rings (SSSR count). The number of hydrogen-bond acceptors (Lipinski definition) is 2. The molecule has 0 fully saturated rings. The van der Waals surface area contributed by atoms with Crippen LogP contribution in [-0.2, 0) is 6.54 Å². The Balaban J connectivity index is 0.000000132. The van der Waals surface area contributed by atoms with Gasteiger partial charge in [-0.25, -0.2) is 9.97 Å². The number of hydrogen-bond donors (Lipinski definition) is 1. The Morgan fingerprint density at radius 1 is 1.46 bits per heavy atom. The minimum atomic E-state index is 1.01. The molecule has 0 radical (unpaired) electrons. The summed E-state index contributed by atoms with van der Waals surface area (Å²) in [6.45, 7) is 5.06. The average molecular weight is 178 g/mol. The zero-order chi connectivity index (χ0) is 9.52. The number of imidazole rings is 2. The van der Waals surface area contributed by atoms with Crippen molar-refractivity contribution in [1.82, 2.24) is 19.5 Å². The van der Waals surface area contributed by atoms with Crippen LogP contribution in [0.25, 0.3) is 0 Å². The minimum absolute atomic E-state index is 1.01. The lowest BCUT2D eigenvalue weighted by Gasteiger charge is -1.87. The summed E-state index contributed by atoms with van der Waals surface area (Å²) in [7, 11) is 0. The molecule has 2 heterocycles. The molecule has 0 aliphatic carbocycles. The van der Waals surface area contributed by atoms with Gasteiger partial charge in [0.15, 0.2) is 0 Å². The van der Waals surface area contributed by atoms with Crippen molar-refractivity contribution < 1.29 is 0 Å². The highest BCUT2D eigenvalue weighted by Gasteiger charge is 1.77. The number of H-pyrrole nitrogens is 1. The Labute approximate surface area is 77.7 Å². The van der Waals surface area contributed by atoms with Gasteiger partial charge in [0.05, 0.1) is 12.7 Å². The lowest BCUT2D eigenvalue weighted by molar-refractivity contribution is 0.761. The molecule has 0 spiro atoms. The second-order valence-electron chi connectivity index (χ2n) is 2.63. The van der Waals surface area contributed by atoms with Gasteiger partial charge < -0.3 is 9.55 Å². The molecular formula is C9H14N4. The third-order valence-electron chi connectivity index (χ3n) is 1.56. The maximum absolute atomic E-state index is 3.86. The summed E-state index contributed by atoms with van der Waals surface area (Å²) in [5.74, 6) is 0. The first-order valence-corrected chi connectivity index (χ1v) is 4.23. The van der Waals surface area contributed by atoms with E-state index in [1.54, 1.807) is 25.0 Å². The number of nitrogens with one attached hydrogen (secondary N) is 1. The van der Waals surface area contributed by atoms with Gasteiger partial charge in [-0.05, 0) is 13.8 Å². The van der Waals surface area contributed by atoms with Crippen molar-refractivity contribution in [1.29, 1.82) is 0 Å². The van der Waals surface area contributed by atoms with Gasteiger partial charge in [-0.2, -0.15) is 0 Å². The Bertz CT molecular complexity index is 296. The normalized spacial score (nSPS) is 9.08. The summed E-state index contributed by atoms with van der Waals surface area (Å²) in [6.07, 6.45) is 8.97. The van der Waals surface area contributed by atoms with Crippen LogP contribution >= 0.6 is 0 Å². The van der Waals surface area contributed by atoms with Gasteiger partial charge in [-0.1, -0.05) is 0 Å². The number of rotatable bonds is 1. The third kappa shape index (κ3) is 3.55. The Kier molecular flexibility index (Phi) is 3.75. The predicted octanol–water partition coefficient (Wildman–Crippen LogP) is 1.62. The van der Waals surface area contributed by atoms with E-state index in [9.17, 15) is 0 Å². The third-order valence-corrected chi connectivity index (χ3v) is 1.56. The zero-order valence-corrected chi connectivity index (χ0v) is 7.94. The SMILES string of the molecule is CCn1ccnc1.Cc1cnc[nH]1. The van der Waals surface area contributed by atoms with Crippen LogP contribution in [0.15, 0.2) is 31.2 Å². The molecule has 4 nitrogen and oxygen atoms in total. The molecule has 1 N–H and O–H groups in total. The fourth-order valence-corrected chi connectivity index (χ4v) is 0.799. The summed E-state index contributed by atoms with van der Waals surface area (Å²) in [6, 6.07) is 0. The van der Waals surface area contributed by atoms with E-state index in [-0.39, 0.29) is 0 Å². The largest absolute Gasteiger partial charge is 0.349 e. The molecule has 2 aromatic rings. The van der Waals surface area contributed by atoms with Crippen LogP contribution < -0.4 is 0 Å². The topological polar surface area (TPSA) is 46.5 Å². The average Bonchev–Trinajstić information content (AvgIpc) is 2.76. The van der Waals surface area contributed by atoms with E-state index < -0.39 is 0 Å². The van der Waals surface area contributed by atoms with Crippen molar-refractivity contribution in [3.05, 3.63) is 36.9 Å². The monoisotopic (exact) mass is 178 g/mol. The number of aromatic amines is 1. The van der Waals surface area contributed by atoms with E-state index in [1.807, 2.05) is 17.7 Å². The first kappa shape index (κ1) is 9.51. The fraction of sp³-hybridized carbons (Fsp3) is 0.333. The summed E-state index contributed by atoms with van der Waals surface area (Å²) in [5, 5.41) is 0. The van der Waals surface area contributed by atoms with E-state index in [2.05, 4.69) is 21.9 Å². The predicted molar refractivity (Wildman–Crippen MR) is 51.2 cm³/mol. The summed E-state index contributed by atoms with van der Waals surface area (Å²) in [5.41, 5.74) is 1.11. The molecule has 0 unspecified atom stereocenters. The van der Waals surface area contributed by atoms with Crippen molar-refractivity contribution in [2.45, 2.75) is 20.4 Å². The lowest BCUT2D eigenvalue weighted by atomic mass is 10.6. The van der Waals surface area contributed by atoms with Crippen LogP contribution in [0.4, 0.5) is 0 Å². The molecule has 0 amide bonds. The van der Waals surface area contributed by atoms with Gasteiger partial charge in [-0.3, -0.25) is 0 Å². The highest BCUT2D eigenvalue weighted by Crippen LogP contribution is 1.81. The maximum Gasteiger partial charge on any atom is 0.0945 e. The van der Waals surface area contributed by atoms with Crippen LogP contribution in [0.3, 0.4) is 0 Å². The van der Waals surface area contributed by atoms with Gasteiger partial charge in [0.25, 0.3) is 0 Å². The molecular weight excluding hydrogens is 164 g/mol. The molecule has 2 aromatic heterocycles. The summed E-state index contributed by atoms with van der Waals surface area (Å²) in [4.78, 5) is 10.5. The van der Waals surface area contributed by atoms with Crippen molar-refractivity contribution in [3.63, 3.8) is 0 Å². The van der Waals surface area contributed by atoms with Crippen molar-refractivity contribution in [2.75, 3.05) is 0 Å². The van der Waals surface area contributed by atoms with E-state index in [0.717, 1.165) is 12.2 Å². The van der Waals surface area contributed by atoms with Gasteiger partial charge in [0.2, 0.25) is 0 Å². The van der Waals surface area contributed by atoms with Crippen LogP contribution in [0.2, 0.25) is 0 Å². The summed E-state index contributed by atoms with van der Waals surface area (Å²) < 4.78 is 2.01. The first-order chi connectivity index (χ1) is 6.33. The molecule has 0 saturated carbocycles. The van der Waals surface area contributed by atoms with Gasteiger partial charge >= 0.3 is 0 Å². The van der Waals surface area contributed by atoms with Gasteiger partial charge in [0, 0.05) is 30.8 Å². The molecule has 13 heavy (non-hydrogen) atoms. The smallest absolute Gasteiger partial charge is 0.0945 e. The highest BCUT2D eigenvalue weighted by atomic mass is 15.0. The van der Waals surface area contributed by atoms with Crippen LogP contribution in [0, 0.1) is 6.92 Å². The second-order valence-corrected chi connectivity index (χ2v) is 2.63. The molecule has 4 heteroatoms. The zero-order valence-electron chi connectivity index (χ0n) is 7.94. The molecule has 0 aromatic carbocycles. The van der Waals surface area contributed by atoms with Gasteiger partial charge in [-0.15, -0.1) is 0 Å². The highest BCUT2D eigenvalue weighted by molar-refractivity contribution is 4.87. The molecule has 0 aliphatic rings. The Morgan fingerprint density at radius 3 is 2.54 bits per heavy atom. The number of nitrogens with zero attached hydrogens (tertiary/aromatic N) is 3. The van der Waals surface area contributed by atoms with E-state index in [4.69, 9.17) is 0 Å². The molecule has 0 saturated heterocycles. The Hall–Kier alpha value is -1.58. The van der Waals surface area contributed by atoms with Gasteiger partial charge in [0.1, 0.15) is 0 Å². The molecule has 0 bridgehead atoms. The van der Waals surface area contributed by atoms with Crippen molar-refractivity contribution in [2.24, 2.45) is 0 Å². The Morgan fingerprint density at radius 2 is 2.31 bits per heavy atom. The molecule has 0 atom stereocenters. The quantitative estimate of drug-likeness (QED) is 0.721. The molecule has 70 valence electrons. The minimum Gasteiger partial charge on any atom is -0.349 e. The first-order valence-electron chi connectivity index (χ1n) is 4.23. The fourth-order valence-electron chi connectivity index (χ4n) is 0.799. The van der Waals surface area contributed by atoms with E-state index in [0.29, 0.717) is 0 Å². The van der Waals surface area contributed by atoms with Crippen molar-refractivity contribution >= 4 is 0 Å². The standard InChI is InChI=1S/C5H8N2.C4H6N2/c1-2-7-4-3-6-5-7;1-4-2-5-3-6-4/h3-5H,2H2,1H3;2-3H,1H3,(H,5,6). The van der Waals surface area contributed by atoms with E-state index in [1.165, 1.54) is 0 Å². The van der Waals surface area contributed by atoms with Crippen molar-refractivity contribution in [3.8, 4) is 0 Å². The van der Waals surface area contributed by atoms with E-state index >= 15 is 0 Å².